The Morgan fingerprint density at radius 2 is 1.87 bits per heavy atom. The third-order valence-corrected chi connectivity index (χ3v) is 6.17. The third-order valence-electron chi connectivity index (χ3n) is 5.39. The van der Waals surface area contributed by atoms with Gasteiger partial charge in [-0.15, -0.1) is 11.3 Å². The number of methoxy groups -OCH3 is 1. The van der Waals surface area contributed by atoms with Gasteiger partial charge in [0.15, 0.2) is 11.6 Å². The Hall–Kier alpha value is -2.94. The lowest BCUT2D eigenvalue weighted by Crippen LogP contribution is -2.28. The van der Waals surface area contributed by atoms with Gasteiger partial charge in [0, 0.05) is 25.3 Å². The van der Waals surface area contributed by atoms with Gasteiger partial charge in [0.1, 0.15) is 0 Å². The highest BCUT2D eigenvalue weighted by Crippen LogP contribution is 2.27. The van der Waals surface area contributed by atoms with E-state index in [0.717, 1.165) is 11.5 Å². The quantitative estimate of drug-likeness (QED) is 0.471. The van der Waals surface area contributed by atoms with Gasteiger partial charge >= 0.3 is 0 Å². The van der Waals surface area contributed by atoms with E-state index in [4.69, 9.17) is 4.74 Å². The molecule has 0 unspecified atom stereocenters. The van der Waals surface area contributed by atoms with Gasteiger partial charge in [-0.05, 0) is 48.4 Å². The molecule has 2 aromatic heterocycles. The number of nitrogens with zero attached hydrogens (tertiary/aromatic N) is 4. The van der Waals surface area contributed by atoms with E-state index in [2.05, 4.69) is 30.5 Å². The molecule has 7 nitrogen and oxygen atoms in total. The fourth-order valence-corrected chi connectivity index (χ4v) is 4.43. The van der Waals surface area contributed by atoms with Crippen molar-refractivity contribution in [3.63, 3.8) is 0 Å². The average molecular weight is 443 g/mol. The third kappa shape index (κ3) is 5.61. The summed E-state index contributed by atoms with van der Waals surface area (Å²) in [4.78, 5) is 15.8. The van der Waals surface area contributed by atoms with Gasteiger partial charge in [-0.3, -0.25) is 0 Å². The van der Waals surface area contributed by atoms with Crippen LogP contribution in [-0.4, -0.2) is 35.7 Å². The molecule has 0 radical (unpaired) electrons. The number of ether oxygens (including phenoxy) is 1. The van der Waals surface area contributed by atoms with Crippen molar-refractivity contribution in [2.24, 2.45) is 5.92 Å². The number of benzene rings is 1. The molecule has 0 saturated heterocycles. The molecule has 31 heavy (non-hydrogen) atoms. The first-order valence-electron chi connectivity index (χ1n) is 10.5. The summed E-state index contributed by atoms with van der Waals surface area (Å²) in [6, 6.07) is 8.58. The lowest BCUT2D eigenvalue weighted by atomic mass is 9.89. The standard InChI is InChI=1S/C22H27FN6OS/c1-29(14-15-7-4-3-5-8-15)22-27-20(24-16-10-11-18(30-2)17(23)13-16)26-21(28-22)25-19-9-6-12-31-19/h6,9-13,15H,3-5,7-8,14H2,1-2H3,(H2,24,25,26,27,28). The lowest BCUT2D eigenvalue weighted by molar-refractivity contribution is 0.361. The maximum absolute atomic E-state index is 14.1. The van der Waals surface area contributed by atoms with Gasteiger partial charge in [0.25, 0.3) is 0 Å². The Labute approximate surface area is 185 Å². The molecular weight excluding hydrogens is 415 g/mol. The van der Waals surface area contributed by atoms with E-state index in [9.17, 15) is 4.39 Å². The Morgan fingerprint density at radius 1 is 1.10 bits per heavy atom. The zero-order chi connectivity index (χ0) is 21.6. The average Bonchev–Trinajstić information content (AvgIpc) is 3.27. The van der Waals surface area contributed by atoms with Crippen molar-refractivity contribution < 1.29 is 9.13 Å². The van der Waals surface area contributed by atoms with E-state index in [-0.39, 0.29) is 5.75 Å². The van der Waals surface area contributed by atoms with Crippen LogP contribution in [0.3, 0.4) is 0 Å². The molecule has 1 aliphatic carbocycles. The summed E-state index contributed by atoms with van der Waals surface area (Å²) in [5.41, 5.74) is 0.535. The molecule has 164 valence electrons. The number of hydrogen-bond donors (Lipinski definition) is 2. The van der Waals surface area contributed by atoms with Crippen LogP contribution in [0.4, 0.5) is 32.9 Å². The second-order valence-electron chi connectivity index (χ2n) is 7.74. The van der Waals surface area contributed by atoms with Crippen LogP contribution in [0.15, 0.2) is 35.7 Å². The minimum atomic E-state index is -0.451. The lowest BCUT2D eigenvalue weighted by Gasteiger charge is -2.27. The second kappa shape index (κ2) is 9.91. The highest BCUT2D eigenvalue weighted by atomic mass is 32.1. The molecule has 1 aliphatic rings. The molecule has 0 atom stereocenters. The van der Waals surface area contributed by atoms with Crippen LogP contribution in [-0.2, 0) is 0 Å². The summed E-state index contributed by atoms with van der Waals surface area (Å²) >= 11 is 1.57. The Kier molecular flexibility index (Phi) is 6.81. The first-order chi connectivity index (χ1) is 15.1. The number of hydrogen-bond acceptors (Lipinski definition) is 8. The second-order valence-corrected chi connectivity index (χ2v) is 8.69. The van der Waals surface area contributed by atoms with Crippen LogP contribution in [0.5, 0.6) is 5.75 Å². The maximum Gasteiger partial charge on any atom is 0.234 e. The predicted octanol–water partition coefficient (Wildman–Crippen LogP) is 5.58. The van der Waals surface area contributed by atoms with Gasteiger partial charge < -0.3 is 20.3 Å². The van der Waals surface area contributed by atoms with Crippen LogP contribution in [0, 0.1) is 11.7 Å². The Morgan fingerprint density at radius 3 is 2.55 bits per heavy atom. The largest absolute Gasteiger partial charge is 0.494 e. The summed E-state index contributed by atoms with van der Waals surface area (Å²) in [5, 5.41) is 9.25. The minimum Gasteiger partial charge on any atom is -0.494 e. The fourth-order valence-electron chi connectivity index (χ4n) is 3.82. The first-order valence-corrected chi connectivity index (χ1v) is 11.4. The summed E-state index contributed by atoms with van der Waals surface area (Å²) in [6.07, 6.45) is 6.39. The molecule has 1 fully saturated rings. The van der Waals surface area contributed by atoms with Crippen molar-refractivity contribution in [3.05, 3.63) is 41.5 Å². The summed E-state index contributed by atoms with van der Waals surface area (Å²) in [5.74, 6) is 1.76. The molecular formula is C22H27FN6OS. The fraction of sp³-hybridized carbons (Fsp3) is 0.409. The number of anilines is 5. The van der Waals surface area contributed by atoms with E-state index in [1.54, 1.807) is 23.5 Å². The Balaban J connectivity index is 1.58. The molecule has 1 aromatic carbocycles. The van der Waals surface area contributed by atoms with Gasteiger partial charge in [-0.2, -0.15) is 15.0 Å². The predicted molar refractivity (Wildman–Crippen MR) is 124 cm³/mol. The summed E-state index contributed by atoms with van der Waals surface area (Å²) in [6.45, 7) is 0.902. The Bertz CT molecular complexity index is 994. The van der Waals surface area contributed by atoms with Crippen LogP contribution in [0.2, 0.25) is 0 Å². The van der Waals surface area contributed by atoms with Crippen LogP contribution >= 0.6 is 11.3 Å². The summed E-state index contributed by atoms with van der Waals surface area (Å²) in [7, 11) is 3.45. The van der Waals surface area contributed by atoms with E-state index in [1.165, 1.54) is 45.3 Å². The van der Waals surface area contributed by atoms with Gasteiger partial charge in [-0.25, -0.2) is 4.39 Å². The van der Waals surface area contributed by atoms with Crippen molar-refractivity contribution >= 4 is 39.9 Å². The smallest absolute Gasteiger partial charge is 0.234 e. The zero-order valence-corrected chi connectivity index (χ0v) is 18.6. The van der Waals surface area contributed by atoms with Gasteiger partial charge in [-0.1, -0.05) is 19.3 Å². The molecule has 2 heterocycles. The normalized spacial score (nSPS) is 14.3. The van der Waals surface area contributed by atoms with Crippen LogP contribution in [0.1, 0.15) is 32.1 Å². The monoisotopic (exact) mass is 442 g/mol. The molecule has 0 spiro atoms. The highest BCUT2D eigenvalue weighted by Gasteiger charge is 2.18. The number of halogens is 1. The summed E-state index contributed by atoms with van der Waals surface area (Å²) < 4.78 is 19.1. The van der Waals surface area contributed by atoms with Crippen molar-refractivity contribution in [3.8, 4) is 5.75 Å². The molecule has 3 aromatic rings. The maximum atomic E-state index is 14.1. The topological polar surface area (TPSA) is 75.2 Å². The number of rotatable bonds is 8. The van der Waals surface area contributed by atoms with E-state index < -0.39 is 5.82 Å². The van der Waals surface area contributed by atoms with Gasteiger partial charge in [0.2, 0.25) is 17.8 Å². The molecule has 1 saturated carbocycles. The molecule has 0 amide bonds. The molecule has 2 N–H and O–H groups in total. The van der Waals surface area contributed by atoms with E-state index in [1.807, 2.05) is 24.6 Å². The van der Waals surface area contributed by atoms with Crippen molar-refractivity contribution in [1.29, 1.82) is 0 Å². The zero-order valence-electron chi connectivity index (χ0n) is 17.8. The van der Waals surface area contributed by atoms with Gasteiger partial charge in [0.05, 0.1) is 12.1 Å². The molecule has 4 rings (SSSR count). The molecule has 0 bridgehead atoms. The van der Waals surface area contributed by atoms with Crippen LogP contribution < -0.4 is 20.3 Å². The molecule has 0 aliphatic heterocycles. The van der Waals surface area contributed by atoms with E-state index >= 15 is 0 Å². The van der Waals surface area contributed by atoms with E-state index in [0.29, 0.717) is 29.5 Å². The SMILES string of the molecule is COc1ccc(Nc2nc(Nc3cccs3)nc(N(C)CC3CCCCC3)n2)cc1F. The van der Waals surface area contributed by atoms with Crippen molar-refractivity contribution in [2.75, 3.05) is 36.2 Å². The number of nitrogens with one attached hydrogen (secondary N) is 2. The van der Waals surface area contributed by atoms with Crippen molar-refractivity contribution in [2.45, 2.75) is 32.1 Å². The highest BCUT2D eigenvalue weighted by molar-refractivity contribution is 7.14. The van der Waals surface area contributed by atoms with Crippen LogP contribution in [0.25, 0.3) is 0 Å². The molecule has 9 heteroatoms. The number of aromatic nitrogens is 3. The van der Waals surface area contributed by atoms with Crippen molar-refractivity contribution in [1.82, 2.24) is 15.0 Å². The first kappa shape index (κ1) is 21.3. The minimum absolute atomic E-state index is 0.189. The number of thiophene rings is 1.